The number of carbonyl (C=O) groups excluding carboxylic acids is 1. The Balaban J connectivity index is 2.44. The Kier molecular flexibility index (Phi) is 6.52. The summed E-state index contributed by atoms with van der Waals surface area (Å²) in [6, 6.07) is 0.510. The van der Waals surface area contributed by atoms with Gasteiger partial charge < -0.3 is 10.1 Å². The lowest BCUT2D eigenvalue weighted by atomic mass is 9.90. The molecule has 100 valence electrons. The minimum atomic E-state index is -0.129. The van der Waals surface area contributed by atoms with Gasteiger partial charge in [-0.05, 0) is 25.8 Å². The third-order valence-electron chi connectivity index (χ3n) is 3.57. The summed E-state index contributed by atoms with van der Waals surface area (Å²) < 4.78 is 4.74. The molecule has 1 aliphatic rings. The van der Waals surface area contributed by atoms with Crippen LogP contribution in [0.1, 0.15) is 32.6 Å². The Labute approximate surface area is 105 Å². The molecule has 0 amide bonds. The fourth-order valence-electron chi connectivity index (χ4n) is 2.59. The molecule has 0 bridgehead atoms. The lowest BCUT2D eigenvalue weighted by molar-refractivity contribution is -0.142. The Morgan fingerprint density at radius 3 is 2.82 bits per heavy atom. The molecule has 1 fully saturated rings. The minimum Gasteiger partial charge on any atom is -0.468 e. The van der Waals surface area contributed by atoms with Gasteiger partial charge in [0.25, 0.3) is 0 Å². The minimum absolute atomic E-state index is 0.129. The van der Waals surface area contributed by atoms with Gasteiger partial charge in [-0.1, -0.05) is 19.8 Å². The van der Waals surface area contributed by atoms with Gasteiger partial charge in [0.2, 0.25) is 0 Å². The zero-order chi connectivity index (χ0) is 12.7. The molecule has 1 rings (SSSR count). The smallest absolute Gasteiger partial charge is 0.319 e. The van der Waals surface area contributed by atoms with Crippen molar-refractivity contribution in [3.05, 3.63) is 0 Å². The summed E-state index contributed by atoms with van der Waals surface area (Å²) in [6.07, 6.45) is 5.03. The number of nitrogens with one attached hydrogen (secondary N) is 1. The maximum absolute atomic E-state index is 11.3. The molecule has 1 saturated heterocycles. The number of carbonyl (C=O) groups is 1. The first-order chi connectivity index (χ1) is 8.19. The van der Waals surface area contributed by atoms with Gasteiger partial charge in [-0.3, -0.25) is 9.69 Å². The van der Waals surface area contributed by atoms with Gasteiger partial charge in [-0.15, -0.1) is 0 Å². The molecule has 2 atom stereocenters. The number of likely N-dealkylation sites (N-methyl/N-ethyl adjacent to an activating group) is 1. The van der Waals surface area contributed by atoms with Gasteiger partial charge in [0.15, 0.2) is 0 Å². The normalized spacial score (nSPS) is 25.8. The fourth-order valence-corrected chi connectivity index (χ4v) is 2.59. The van der Waals surface area contributed by atoms with E-state index in [-0.39, 0.29) is 5.97 Å². The number of rotatable bonds is 6. The highest BCUT2D eigenvalue weighted by molar-refractivity contribution is 5.71. The van der Waals surface area contributed by atoms with E-state index >= 15 is 0 Å². The Hall–Kier alpha value is -0.610. The highest BCUT2D eigenvalue weighted by atomic mass is 16.5. The van der Waals surface area contributed by atoms with Crippen molar-refractivity contribution in [1.82, 2.24) is 10.2 Å². The summed E-state index contributed by atoms with van der Waals surface area (Å²) in [6.45, 7) is 4.64. The van der Waals surface area contributed by atoms with Gasteiger partial charge in [0, 0.05) is 19.1 Å². The molecule has 2 unspecified atom stereocenters. The van der Waals surface area contributed by atoms with Crippen molar-refractivity contribution in [2.24, 2.45) is 5.92 Å². The molecule has 1 N–H and O–H groups in total. The van der Waals surface area contributed by atoms with Gasteiger partial charge >= 0.3 is 5.97 Å². The molecule has 0 aliphatic carbocycles. The van der Waals surface area contributed by atoms with E-state index in [4.69, 9.17) is 4.74 Å². The second-order valence-electron chi connectivity index (χ2n) is 5.00. The van der Waals surface area contributed by atoms with Crippen LogP contribution in [-0.4, -0.2) is 50.7 Å². The van der Waals surface area contributed by atoms with E-state index in [9.17, 15) is 4.79 Å². The number of unbranched alkanes of at least 4 members (excludes halogenated alkanes) is 1. The standard InChI is InChI=1S/C13H26N2O2/c1-4-5-6-11-7-12(14-2)9-15(8-11)10-13(16)17-3/h11-12,14H,4-10H2,1-3H3. The molecular weight excluding hydrogens is 216 g/mol. The SMILES string of the molecule is CCCCC1CC(NC)CN(CC(=O)OC)C1. The van der Waals surface area contributed by atoms with Crippen LogP contribution in [0.25, 0.3) is 0 Å². The van der Waals surface area contributed by atoms with Crippen LogP contribution in [0.5, 0.6) is 0 Å². The largest absolute Gasteiger partial charge is 0.468 e. The van der Waals surface area contributed by atoms with E-state index < -0.39 is 0 Å². The van der Waals surface area contributed by atoms with Crippen LogP contribution in [0.2, 0.25) is 0 Å². The summed E-state index contributed by atoms with van der Waals surface area (Å²) in [5.74, 6) is 0.585. The molecule has 0 aromatic rings. The van der Waals surface area contributed by atoms with Crippen LogP contribution < -0.4 is 5.32 Å². The Morgan fingerprint density at radius 2 is 2.24 bits per heavy atom. The first-order valence-electron chi connectivity index (χ1n) is 6.66. The van der Waals surface area contributed by atoms with E-state index in [2.05, 4.69) is 17.1 Å². The molecule has 0 aromatic heterocycles. The summed E-state index contributed by atoms with van der Waals surface area (Å²) in [4.78, 5) is 13.5. The van der Waals surface area contributed by atoms with Gasteiger partial charge in [0.05, 0.1) is 13.7 Å². The first-order valence-corrected chi connectivity index (χ1v) is 6.66. The maximum atomic E-state index is 11.3. The van der Waals surface area contributed by atoms with Gasteiger partial charge in [-0.2, -0.15) is 0 Å². The molecule has 1 heterocycles. The number of likely N-dealkylation sites (tertiary alicyclic amines) is 1. The number of piperidine rings is 1. The third-order valence-corrected chi connectivity index (χ3v) is 3.57. The van der Waals surface area contributed by atoms with Crippen molar-refractivity contribution < 1.29 is 9.53 Å². The number of ether oxygens (including phenoxy) is 1. The van der Waals surface area contributed by atoms with E-state index in [0.717, 1.165) is 13.1 Å². The van der Waals surface area contributed by atoms with E-state index in [1.165, 1.54) is 32.8 Å². The van der Waals surface area contributed by atoms with E-state index in [1.54, 1.807) is 0 Å². The predicted octanol–water partition coefficient (Wildman–Crippen LogP) is 1.26. The number of esters is 1. The van der Waals surface area contributed by atoms with Crippen molar-refractivity contribution in [2.45, 2.75) is 38.6 Å². The lowest BCUT2D eigenvalue weighted by Gasteiger charge is -2.37. The van der Waals surface area contributed by atoms with Gasteiger partial charge in [-0.25, -0.2) is 0 Å². The topological polar surface area (TPSA) is 41.6 Å². The van der Waals surface area contributed by atoms with Crippen molar-refractivity contribution >= 4 is 5.97 Å². The van der Waals surface area contributed by atoms with E-state index in [1.807, 2.05) is 7.05 Å². The average molecular weight is 242 g/mol. The van der Waals surface area contributed by atoms with Crippen LogP contribution in [-0.2, 0) is 9.53 Å². The predicted molar refractivity (Wildman–Crippen MR) is 68.9 cm³/mol. The van der Waals surface area contributed by atoms with Crippen LogP contribution in [0.15, 0.2) is 0 Å². The number of nitrogens with zero attached hydrogens (tertiary/aromatic N) is 1. The number of methoxy groups -OCH3 is 1. The summed E-state index contributed by atoms with van der Waals surface area (Å²) in [5, 5.41) is 3.34. The van der Waals surface area contributed by atoms with Crippen molar-refractivity contribution in [2.75, 3.05) is 33.8 Å². The second kappa shape index (κ2) is 7.67. The monoisotopic (exact) mass is 242 g/mol. The van der Waals surface area contributed by atoms with Gasteiger partial charge in [0.1, 0.15) is 0 Å². The summed E-state index contributed by atoms with van der Waals surface area (Å²) in [5.41, 5.74) is 0. The molecule has 0 aromatic carbocycles. The lowest BCUT2D eigenvalue weighted by Crippen LogP contribution is -2.49. The molecule has 0 spiro atoms. The van der Waals surface area contributed by atoms with Crippen LogP contribution in [0, 0.1) is 5.92 Å². The molecular formula is C13H26N2O2. The molecule has 1 aliphatic heterocycles. The molecule has 0 saturated carbocycles. The summed E-state index contributed by atoms with van der Waals surface area (Å²) in [7, 11) is 3.46. The highest BCUT2D eigenvalue weighted by Gasteiger charge is 2.27. The fraction of sp³-hybridized carbons (Fsp3) is 0.923. The first kappa shape index (κ1) is 14.5. The van der Waals surface area contributed by atoms with Crippen molar-refractivity contribution in [1.29, 1.82) is 0 Å². The van der Waals surface area contributed by atoms with Crippen LogP contribution >= 0.6 is 0 Å². The zero-order valence-electron chi connectivity index (χ0n) is 11.4. The van der Waals surface area contributed by atoms with E-state index in [0.29, 0.717) is 18.5 Å². The molecule has 17 heavy (non-hydrogen) atoms. The highest BCUT2D eigenvalue weighted by Crippen LogP contribution is 2.21. The Morgan fingerprint density at radius 1 is 1.47 bits per heavy atom. The Bertz CT molecular complexity index is 233. The second-order valence-corrected chi connectivity index (χ2v) is 5.00. The van der Waals surface area contributed by atoms with Crippen molar-refractivity contribution in [3.63, 3.8) is 0 Å². The maximum Gasteiger partial charge on any atom is 0.319 e. The number of hydrogen-bond donors (Lipinski definition) is 1. The molecule has 4 nitrogen and oxygen atoms in total. The van der Waals surface area contributed by atoms with Crippen molar-refractivity contribution in [3.8, 4) is 0 Å². The molecule has 4 heteroatoms. The number of hydrogen-bond acceptors (Lipinski definition) is 4. The third kappa shape index (κ3) is 5.04. The quantitative estimate of drug-likeness (QED) is 0.712. The zero-order valence-corrected chi connectivity index (χ0v) is 11.4. The average Bonchev–Trinajstić information content (AvgIpc) is 2.35. The van der Waals surface area contributed by atoms with Crippen LogP contribution in [0.3, 0.4) is 0 Å². The summed E-state index contributed by atoms with van der Waals surface area (Å²) >= 11 is 0. The molecule has 0 radical (unpaired) electrons. The van der Waals surface area contributed by atoms with Crippen LogP contribution in [0.4, 0.5) is 0 Å².